The first kappa shape index (κ1) is 27.2. The van der Waals surface area contributed by atoms with Crippen molar-refractivity contribution in [1.82, 2.24) is 10.6 Å². The van der Waals surface area contributed by atoms with Gasteiger partial charge >= 0.3 is 6.09 Å². The maximum atomic E-state index is 12.3. The fourth-order valence-electron chi connectivity index (χ4n) is 3.44. The zero-order valence-electron chi connectivity index (χ0n) is 20.3. The summed E-state index contributed by atoms with van der Waals surface area (Å²) in [5, 5.41) is 15.0. The number of carbonyl (C=O) groups is 3. The van der Waals surface area contributed by atoms with Crippen molar-refractivity contribution in [2.75, 3.05) is 6.54 Å². The lowest BCUT2D eigenvalue weighted by molar-refractivity contribution is -0.128. The van der Waals surface area contributed by atoms with Gasteiger partial charge in [-0.2, -0.15) is 0 Å². The first-order valence-electron chi connectivity index (χ1n) is 11.9. The first-order chi connectivity index (χ1) is 17.9. The Kier molecular flexibility index (Phi) is 10.5. The van der Waals surface area contributed by atoms with Gasteiger partial charge in [-0.05, 0) is 28.8 Å². The molecular formula is C28H31N3O6. The highest BCUT2D eigenvalue weighted by Gasteiger charge is 2.21. The number of nitrogens with two attached hydrogens (primary N) is 1. The van der Waals surface area contributed by atoms with Gasteiger partial charge in [-0.25, -0.2) is 4.79 Å². The van der Waals surface area contributed by atoms with Crippen molar-refractivity contribution < 1.29 is 29.0 Å². The number of primary amides is 1. The quantitative estimate of drug-likeness (QED) is 0.281. The largest absolute Gasteiger partial charge is 0.489 e. The second-order valence-electron chi connectivity index (χ2n) is 8.45. The van der Waals surface area contributed by atoms with Crippen molar-refractivity contribution in [3.05, 3.63) is 102 Å². The van der Waals surface area contributed by atoms with E-state index in [1.165, 1.54) is 0 Å². The van der Waals surface area contributed by atoms with Crippen LogP contribution in [0.4, 0.5) is 4.79 Å². The highest BCUT2D eigenvalue weighted by Crippen LogP contribution is 2.15. The standard InChI is InChI=1S/C28H31N3O6/c29-27(34)25(15-20-11-13-24(14-12-20)36-18-21-7-3-1-4-8-21)31-26(33)16-23(32)17-30-28(35)37-19-22-9-5-2-6-10-22/h1-14,23,25,32H,15-19H2,(H2,29,34)(H,30,35)(H,31,33)/t23-,25-/m0/s1. The summed E-state index contributed by atoms with van der Waals surface area (Å²) in [6.45, 7) is 0.332. The molecule has 0 spiro atoms. The number of benzene rings is 3. The minimum atomic E-state index is -1.17. The number of amides is 3. The molecule has 194 valence electrons. The highest BCUT2D eigenvalue weighted by molar-refractivity contribution is 5.87. The number of alkyl carbamates (subject to hydrolysis) is 1. The molecule has 3 aromatic carbocycles. The molecule has 0 saturated heterocycles. The summed E-state index contributed by atoms with van der Waals surface area (Å²) in [4.78, 5) is 36.0. The van der Waals surface area contributed by atoms with Crippen LogP contribution < -0.4 is 21.1 Å². The van der Waals surface area contributed by atoms with Gasteiger partial charge in [0, 0.05) is 13.0 Å². The van der Waals surface area contributed by atoms with Gasteiger partial charge in [0.15, 0.2) is 0 Å². The minimum absolute atomic E-state index is 0.0870. The SMILES string of the molecule is NC(=O)[C@H](Cc1ccc(OCc2ccccc2)cc1)NC(=O)C[C@H](O)CNC(=O)OCc1ccccc1. The van der Waals surface area contributed by atoms with Crippen LogP contribution in [0, 0.1) is 0 Å². The molecule has 9 nitrogen and oxygen atoms in total. The Hall–Kier alpha value is -4.37. The van der Waals surface area contributed by atoms with Crippen LogP contribution in [0.15, 0.2) is 84.9 Å². The van der Waals surface area contributed by atoms with E-state index < -0.39 is 30.1 Å². The first-order valence-corrected chi connectivity index (χ1v) is 11.9. The van der Waals surface area contributed by atoms with Gasteiger partial charge in [0.05, 0.1) is 12.5 Å². The molecule has 0 heterocycles. The number of aliphatic hydroxyl groups excluding tert-OH is 1. The Morgan fingerprint density at radius 3 is 2.00 bits per heavy atom. The summed E-state index contributed by atoms with van der Waals surface area (Å²) in [6, 6.07) is 25.1. The monoisotopic (exact) mass is 505 g/mol. The third kappa shape index (κ3) is 10.0. The molecule has 3 aromatic rings. The summed E-state index contributed by atoms with van der Waals surface area (Å²) in [5.74, 6) is -0.599. The number of carbonyl (C=O) groups excluding carboxylic acids is 3. The lowest BCUT2D eigenvalue weighted by atomic mass is 10.0. The molecule has 9 heteroatoms. The van der Waals surface area contributed by atoms with E-state index in [2.05, 4.69) is 10.6 Å². The van der Waals surface area contributed by atoms with Crippen molar-refractivity contribution in [3.8, 4) is 5.75 Å². The molecule has 5 N–H and O–H groups in total. The molecule has 0 saturated carbocycles. The van der Waals surface area contributed by atoms with Crippen LogP contribution >= 0.6 is 0 Å². The maximum absolute atomic E-state index is 12.3. The minimum Gasteiger partial charge on any atom is -0.489 e. The number of hydrogen-bond donors (Lipinski definition) is 4. The van der Waals surface area contributed by atoms with Gasteiger partial charge in [-0.15, -0.1) is 0 Å². The van der Waals surface area contributed by atoms with E-state index in [4.69, 9.17) is 15.2 Å². The molecule has 2 atom stereocenters. The van der Waals surface area contributed by atoms with E-state index in [0.29, 0.717) is 12.4 Å². The smallest absolute Gasteiger partial charge is 0.407 e. The Morgan fingerprint density at radius 1 is 0.811 bits per heavy atom. The maximum Gasteiger partial charge on any atom is 0.407 e. The predicted octanol–water partition coefficient (Wildman–Crippen LogP) is 2.46. The normalized spacial score (nSPS) is 12.1. The predicted molar refractivity (Wildman–Crippen MR) is 137 cm³/mol. The van der Waals surface area contributed by atoms with E-state index in [1.54, 1.807) is 24.3 Å². The van der Waals surface area contributed by atoms with Gasteiger partial charge in [0.1, 0.15) is 25.0 Å². The summed E-state index contributed by atoms with van der Waals surface area (Å²) in [6.07, 6.45) is -2.02. The Bertz CT molecular complexity index is 1140. The summed E-state index contributed by atoms with van der Waals surface area (Å²) in [5.41, 5.74) is 8.12. The summed E-state index contributed by atoms with van der Waals surface area (Å²) >= 11 is 0. The van der Waals surface area contributed by atoms with Crippen LogP contribution in [-0.4, -0.2) is 41.7 Å². The molecule has 0 radical (unpaired) electrons. The van der Waals surface area contributed by atoms with Crippen molar-refractivity contribution in [3.63, 3.8) is 0 Å². The molecule has 0 aliphatic heterocycles. The van der Waals surface area contributed by atoms with Gasteiger partial charge < -0.3 is 30.9 Å². The molecule has 3 rings (SSSR count). The second-order valence-corrected chi connectivity index (χ2v) is 8.45. The average Bonchev–Trinajstić information content (AvgIpc) is 2.91. The zero-order chi connectivity index (χ0) is 26.5. The zero-order valence-corrected chi connectivity index (χ0v) is 20.3. The van der Waals surface area contributed by atoms with Gasteiger partial charge in [0.25, 0.3) is 0 Å². The van der Waals surface area contributed by atoms with Crippen molar-refractivity contribution in [1.29, 1.82) is 0 Å². The Balaban J connectivity index is 1.39. The molecule has 0 aliphatic carbocycles. The van der Waals surface area contributed by atoms with Crippen molar-refractivity contribution in [2.24, 2.45) is 5.73 Å². The van der Waals surface area contributed by atoms with Crippen molar-refractivity contribution >= 4 is 17.9 Å². The molecule has 0 bridgehead atoms. The van der Waals surface area contributed by atoms with E-state index in [-0.39, 0.29) is 26.0 Å². The molecule has 3 amide bonds. The number of hydrogen-bond acceptors (Lipinski definition) is 6. The van der Waals surface area contributed by atoms with E-state index in [9.17, 15) is 19.5 Å². The van der Waals surface area contributed by atoms with E-state index in [1.807, 2.05) is 60.7 Å². The third-order valence-corrected chi connectivity index (χ3v) is 5.41. The number of nitrogens with one attached hydrogen (secondary N) is 2. The number of ether oxygens (including phenoxy) is 2. The topological polar surface area (TPSA) is 140 Å². The highest BCUT2D eigenvalue weighted by atomic mass is 16.5. The molecular weight excluding hydrogens is 474 g/mol. The molecule has 0 aliphatic rings. The van der Waals surface area contributed by atoms with Crippen LogP contribution in [-0.2, 0) is 34.0 Å². The third-order valence-electron chi connectivity index (χ3n) is 5.41. The van der Waals surface area contributed by atoms with E-state index in [0.717, 1.165) is 16.7 Å². The molecule has 0 fully saturated rings. The fourth-order valence-corrected chi connectivity index (χ4v) is 3.44. The summed E-state index contributed by atoms with van der Waals surface area (Å²) in [7, 11) is 0. The second kappa shape index (κ2) is 14.3. The Morgan fingerprint density at radius 2 is 1.41 bits per heavy atom. The van der Waals surface area contributed by atoms with Crippen LogP contribution in [0.3, 0.4) is 0 Å². The van der Waals surface area contributed by atoms with Crippen LogP contribution in [0.5, 0.6) is 5.75 Å². The summed E-state index contributed by atoms with van der Waals surface area (Å²) < 4.78 is 10.8. The number of aliphatic hydroxyl groups is 1. The van der Waals surface area contributed by atoms with Crippen LogP contribution in [0.1, 0.15) is 23.1 Å². The van der Waals surface area contributed by atoms with Crippen LogP contribution in [0.2, 0.25) is 0 Å². The number of rotatable bonds is 13. The molecule has 0 aromatic heterocycles. The van der Waals surface area contributed by atoms with Gasteiger partial charge in [-0.1, -0.05) is 72.8 Å². The van der Waals surface area contributed by atoms with Crippen molar-refractivity contribution in [2.45, 2.75) is 38.2 Å². The van der Waals surface area contributed by atoms with Crippen LogP contribution in [0.25, 0.3) is 0 Å². The molecule has 37 heavy (non-hydrogen) atoms. The Labute approximate surface area is 215 Å². The molecule has 0 unspecified atom stereocenters. The van der Waals surface area contributed by atoms with E-state index >= 15 is 0 Å². The van der Waals surface area contributed by atoms with Gasteiger partial charge in [0.2, 0.25) is 11.8 Å². The average molecular weight is 506 g/mol. The lowest BCUT2D eigenvalue weighted by Gasteiger charge is -2.18. The lowest BCUT2D eigenvalue weighted by Crippen LogP contribution is -2.47. The fraction of sp³-hybridized carbons (Fsp3) is 0.250. The van der Waals surface area contributed by atoms with Gasteiger partial charge in [-0.3, -0.25) is 9.59 Å².